The third-order valence-corrected chi connectivity index (χ3v) is 6.16. The SMILES string of the molecule is CCC(Oc1ccc(-n2nc(C)cc2C(=O)NC2CCCCC2)cc1)N1CCOCC1. The third-order valence-electron chi connectivity index (χ3n) is 6.16. The van der Waals surface area contributed by atoms with Gasteiger partial charge in [0.1, 0.15) is 11.4 Å². The van der Waals surface area contributed by atoms with Crippen LogP contribution in [0.3, 0.4) is 0 Å². The maximum Gasteiger partial charge on any atom is 0.270 e. The minimum absolute atomic E-state index is 0.0403. The van der Waals surface area contributed by atoms with Gasteiger partial charge in [0.15, 0.2) is 6.23 Å². The van der Waals surface area contributed by atoms with Crippen LogP contribution in [0.4, 0.5) is 0 Å². The average molecular weight is 427 g/mol. The highest BCUT2D eigenvalue weighted by Crippen LogP contribution is 2.22. The summed E-state index contributed by atoms with van der Waals surface area (Å²) in [5, 5.41) is 7.77. The van der Waals surface area contributed by atoms with Gasteiger partial charge in [0, 0.05) is 19.1 Å². The van der Waals surface area contributed by atoms with Crippen molar-refractivity contribution >= 4 is 5.91 Å². The van der Waals surface area contributed by atoms with Gasteiger partial charge in [-0.2, -0.15) is 5.10 Å². The minimum atomic E-state index is -0.0498. The summed E-state index contributed by atoms with van der Waals surface area (Å²) in [6, 6.07) is 9.97. The second-order valence-electron chi connectivity index (χ2n) is 8.51. The molecular formula is C24H34N4O3. The number of carbonyl (C=O) groups excluding carboxylic acids is 1. The Labute approximate surface area is 184 Å². The average Bonchev–Trinajstić information content (AvgIpc) is 3.21. The highest BCUT2D eigenvalue weighted by Gasteiger charge is 2.22. The molecule has 0 spiro atoms. The molecule has 31 heavy (non-hydrogen) atoms. The number of morpholine rings is 1. The molecule has 168 valence electrons. The van der Waals surface area contributed by atoms with Gasteiger partial charge in [-0.05, 0) is 56.5 Å². The molecule has 2 aromatic rings. The molecule has 2 heterocycles. The lowest BCUT2D eigenvalue weighted by Gasteiger charge is -2.33. The van der Waals surface area contributed by atoms with E-state index in [1.54, 1.807) is 4.68 Å². The van der Waals surface area contributed by atoms with Gasteiger partial charge in [0.2, 0.25) is 0 Å². The van der Waals surface area contributed by atoms with Gasteiger partial charge in [-0.25, -0.2) is 4.68 Å². The Balaban J connectivity index is 1.45. The van der Waals surface area contributed by atoms with Crippen molar-refractivity contribution < 1.29 is 14.3 Å². The molecule has 4 rings (SSSR count). The van der Waals surface area contributed by atoms with Crippen molar-refractivity contribution in [2.75, 3.05) is 26.3 Å². The highest BCUT2D eigenvalue weighted by molar-refractivity contribution is 5.93. The van der Waals surface area contributed by atoms with Gasteiger partial charge in [-0.15, -0.1) is 0 Å². The zero-order chi connectivity index (χ0) is 21.6. The Kier molecular flexibility index (Phi) is 7.25. The van der Waals surface area contributed by atoms with Crippen LogP contribution in [0.25, 0.3) is 5.69 Å². The highest BCUT2D eigenvalue weighted by atomic mass is 16.5. The first-order chi connectivity index (χ1) is 15.1. The summed E-state index contributed by atoms with van der Waals surface area (Å²) < 4.78 is 13.4. The lowest BCUT2D eigenvalue weighted by Crippen LogP contribution is -2.46. The first kappa shape index (κ1) is 21.8. The zero-order valence-electron chi connectivity index (χ0n) is 18.7. The summed E-state index contributed by atoms with van der Waals surface area (Å²) in [5.74, 6) is 0.769. The van der Waals surface area contributed by atoms with Crippen LogP contribution in [0.1, 0.15) is 61.6 Å². The van der Waals surface area contributed by atoms with Gasteiger partial charge in [-0.3, -0.25) is 9.69 Å². The molecular weight excluding hydrogens is 392 g/mol. The topological polar surface area (TPSA) is 68.6 Å². The molecule has 7 nitrogen and oxygen atoms in total. The summed E-state index contributed by atoms with van der Waals surface area (Å²) in [6.45, 7) is 7.34. The monoisotopic (exact) mass is 426 g/mol. The standard InChI is InChI=1S/C24H34N4O3/c1-3-23(27-13-15-30-16-14-27)31-21-11-9-20(10-12-21)28-22(17-18(2)26-28)24(29)25-19-7-5-4-6-8-19/h9-12,17,19,23H,3-8,13-16H2,1-2H3,(H,25,29). The Bertz CT molecular complexity index is 852. The zero-order valence-corrected chi connectivity index (χ0v) is 18.7. The summed E-state index contributed by atoms with van der Waals surface area (Å²) in [4.78, 5) is 15.3. The lowest BCUT2D eigenvalue weighted by atomic mass is 9.95. The van der Waals surface area contributed by atoms with E-state index in [4.69, 9.17) is 9.47 Å². The van der Waals surface area contributed by atoms with Crippen molar-refractivity contribution in [3.05, 3.63) is 41.7 Å². The van der Waals surface area contributed by atoms with Crippen LogP contribution in [0.2, 0.25) is 0 Å². The number of rotatable bonds is 7. The van der Waals surface area contributed by atoms with E-state index in [0.717, 1.165) is 62.7 Å². The smallest absolute Gasteiger partial charge is 0.270 e. The molecule has 1 aliphatic carbocycles. The molecule has 1 saturated heterocycles. The Morgan fingerprint density at radius 1 is 1.19 bits per heavy atom. The maximum atomic E-state index is 12.9. The van der Waals surface area contributed by atoms with Crippen molar-refractivity contribution in [2.45, 2.75) is 64.6 Å². The number of amides is 1. The van der Waals surface area contributed by atoms with E-state index in [-0.39, 0.29) is 18.2 Å². The quantitative estimate of drug-likeness (QED) is 0.731. The molecule has 7 heteroatoms. The van der Waals surface area contributed by atoms with Crippen molar-refractivity contribution in [2.24, 2.45) is 0 Å². The van der Waals surface area contributed by atoms with E-state index in [2.05, 4.69) is 22.2 Å². The fourth-order valence-corrected chi connectivity index (χ4v) is 4.47. The van der Waals surface area contributed by atoms with Gasteiger partial charge >= 0.3 is 0 Å². The third kappa shape index (κ3) is 5.46. The Morgan fingerprint density at radius 3 is 2.58 bits per heavy atom. The number of nitrogens with one attached hydrogen (secondary N) is 1. The summed E-state index contributed by atoms with van der Waals surface area (Å²) in [7, 11) is 0. The Morgan fingerprint density at radius 2 is 1.90 bits per heavy atom. The van der Waals surface area contributed by atoms with Crippen LogP contribution in [0.5, 0.6) is 5.75 Å². The number of benzene rings is 1. The number of hydrogen-bond acceptors (Lipinski definition) is 5. The summed E-state index contributed by atoms with van der Waals surface area (Å²) >= 11 is 0. The van der Waals surface area contributed by atoms with Crippen LogP contribution in [0, 0.1) is 6.92 Å². The first-order valence-corrected chi connectivity index (χ1v) is 11.6. The largest absolute Gasteiger partial charge is 0.475 e. The minimum Gasteiger partial charge on any atom is -0.475 e. The lowest BCUT2D eigenvalue weighted by molar-refractivity contribution is -0.0468. The predicted octanol–water partition coefficient (Wildman–Crippen LogP) is 3.69. The van der Waals surface area contributed by atoms with Gasteiger partial charge in [0.05, 0.1) is 24.6 Å². The fraction of sp³-hybridized carbons (Fsp3) is 0.583. The van der Waals surface area contributed by atoms with Crippen molar-refractivity contribution in [1.29, 1.82) is 0 Å². The molecule has 2 aliphatic rings. The van der Waals surface area contributed by atoms with E-state index >= 15 is 0 Å². The first-order valence-electron chi connectivity index (χ1n) is 11.6. The molecule has 1 N–H and O–H groups in total. The maximum absolute atomic E-state index is 12.9. The second-order valence-corrected chi connectivity index (χ2v) is 8.51. The molecule has 0 radical (unpaired) electrons. The molecule has 1 aromatic heterocycles. The second kappa shape index (κ2) is 10.3. The van der Waals surface area contributed by atoms with Gasteiger partial charge in [0.25, 0.3) is 5.91 Å². The van der Waals surface area contributed by atoms with Crippen molar-refractivity contribution in [3.8, 4) is 11.4 Å². The molecule has 1 saturated carbocycles. The molecule has 1 unspecified atom stereocenters. The van der Waals surface area contributed by atoms with E-state index < -0.39 is 0 Å². The van der Waals surface area contributed by atoms with Crippen molar-refractivity contribution in [3.63, 3.8) is 0 Å². The van der Waals surface area contributed by atoms with Crippen LogP contribution < -0.4 is 10.1 Å². The van der Waals surface area contributed by atoms with E-state index in [1.807, 2.05) is 37.3 Å². The number of ether oxygens (including phenoxy) is 2. The van der Waals surface area contributed by atoms with Gasteiger partial charge < -0.3 is 14.8 Å². The Hall–Kier alpha value is -2.38. The molecule has 1 amide bonds. The molecule has 1 atom stereocenters. The van der Waals surface area contributed by atoms with Crippen LogP contribution >= 0.6 is 0 Å². The van der Waals surface area contributed by atoms with E-state index in [1.165, 1.54) is 19.3 Å². The summed E-state index contributed by atoms with van der Waals surface area (Å²) in [6.07, 6.45) is 6.72. The number of aromatic nitrogens is 2. The van der Waals surface area contributed by atoms with Gasteiger partial charge in [-0.1, -0.05) is 26.2 Å². The fourth-order valence-electron chi connectivity index (χ4n) is 4.47. The summed E-state index contributed by atoms with van der Waals surface area (Å²) in [5.41, 5.74) is 2.26. The van der Waals surface area contributed by atoms with E-state index in [0.29, 0.717) is 5.69 Å². The molecule has 2 fully saturated rings. The number of aryl methyl sites for hydroxylation is 1. The van der Waals surface area contributed by atoms with Crippen LogP contribution in [-0.4, -0.2) is 59.2 Å². The van der Waals surface area contributed by atoms with Crippen LogP contribution in [0.15, 0.2) is 30.3 Å². The molecule has 0 bridgehead atoms. The van der Waals surface area contributed by atoms with E-state index in [9.17, 15) is 4.79 Å². The van der Waals surface area contributed by atoms with Crippen LogP contribution in [-0.2, 0) is 4.74 Å². The normalized spacial score (nSPS) is 19.2. The number of nitrogens with zero attached hydrogens (tertiary/aromatic N) is 3. The van der Waals surface area contributed by atoms with Crippen molar-refractivity contribution in [1.82, 2.24) is 20.0 Å². The number of carbonyl (C=O) groups is 1. The molecule has 1 aliphatic heterocycles. The number of hydrogen-bond donors (Lipinski definition) is 1. The predicted molar refractivity (Wildman–Crippen MR) is 120 cm³/mol. The molecule has 1 aromatic carbocycles.